The third kappa shape index (κ3) is 4.87. The van der Waals surface area contributed by atoms with Crippen LogP contribution in [0.2, 0.25) is 0 Å². The predicted molar refractivity (Wildman–Crippen MR) is 83.8 cm³/mol. The smallest absolute Gasteiger partial charge is 0.257 e. The summed E-state index contributed by atoms with van der Waals surface area (Å²) in [6.07, 6.45) is 1.81. The van der Waals surface area contributed by atoms with Crippen LogP contribution in [0, 0.1) is 6.92 Å². The Morgan fingerprint density at radius 3 is 2.36 bits per heavy atom. The molecule has 0 saturated heterocycles. The topological polar surface area (TPSA) is 63.0 Å². The molecule has 22 heavy (non-hydrogen) atoms. The predicted octanol–water partition coefficient (Wildman–Crippen LogP) is 1.94. The van der Waals surface area contributed by atoms with Gasteiger partial charge in [0.25, 0.3) is 5.91 Å². The number of furan rings is 1. The molecule has 0 bridgehead atoms. The number of hydrogen-bond acceptors (Lipinski definition) is 4. The SMILES string of the molecule is CCN(CC)C(=O)CCN(CCOC)C(=O)c1ccoc1C. The van der Waals surface area contributed by atoms with Crippen molar-refractivity contribution >= 4 is 11.8 Å². The molecule has 2 amide bonds. The van der Waals surface area contributed by atoms with Crippen LogP contribution in [-0.2, 0) is 9.53 Å². The maximum atomic E-state index is 12.5. The lowest BCUT2D eigenvalue weighted by molar-refractivity contribution is -0.131. The van der Waals surface area contributed by atoms with E-state index in [0.29, 0.717) is 50.5 Å². The largest absolute Gasteiger partial charge is 0.469 e. The van der Waals surface area contributed by atoms with Crippen molar-refractivity contribution < 1.29 is 18.7 Å². The van der Waals surface area contributed by atoms with Gasteiger partial charge < -0.3 is 19.0 Å². The van der Waals surface area contributed by atoms with E-state index in [4.69, 9.17) is 9.15 Å². The molecule has 0 atom stereocenters. The van der Waals surface area contributed by atoms with Crippen molar-refractivity contribution in [2.45, 2.75) is 27.2 Å². The summed E-state index contributed by atoms with van der Waals surface area (Å²) in [4.78, 5) is 28.0. The molecular weight excluding hydrogens is 284 g/mol. The van der Waals surface area contributed by atoms with E-state index in [-0.39, 0.29) is 11.8 Å². The van der Waals surface area contributed by atoms with Gasteiger partial charge in [-0.05, 0) is 26.8 Å². The molecule has 0 unspecified atom stereocenters. The molecular formula is C16H26N2O4. The Kier molecular flexibility index (Phi) is 7.66. The van der Waals surface area contributed by atoms with Gasteiger partial charge in [-0.25, -0.2) is 0 Å². The molecule has 6 nitrogen and oxygen atoms in total. The molecule has 1 aromatic rings. The third-order valence-electron chi connectivity index (χ3n) is 3.65. The Bertz CT molecular complexity index is 480. The molecule has 0 saturated carbocycles. The zero-order valence-electron chi connectivity index (χ0n) is 13.9. The van der Waals surface area contributed by atoms with Gasteiger partial charge in [0.05, 0.1) is 18.4 Å². The van der Waals surface area contributed by atoms with Crippen LogP contribution >= 0.6 is 0 Å². The minimum Gasteiger partial charge on any atom is -0.469 e. The summed E-state index contributed by atoms with van der Waals surface area (Å²) in [6, 6.07) is 1.66. The van der Waals surface area contributed by atoms with Gasteiger partial charge in [0.2, 0.25) is 5.91 Å². The second-order valence-corrected chi connectivity index (χ2v) is 4.99. The van der Waals surface area contributed by atoms with Gasteiger partial charge in [-0.2, -0.15) is 0 Å². The Morgan fingerprint density at radius 2 is 1.86 bits per heavy atom. The first kappa shape index (κ1) is 18.2. The van der Waals surface area contributed by atoms with Crippen molar-refractivity contribution in [3.8, 4) is 0 Å². The van der Waals surface area contributed by atoms with Crippen LogP contribution in [0.15, 0.2) is 16.7 Å². The highest BCUT2D eigenvalue weighted by Gasteiger charge is 2.20. The quantitative estimate of drug-likeness (QED) is 0.699. The zero-order valence-corrected chi connectivity index (χ0v) is 13.9. The lowest BCUT2D eigenvalue weighted by Crippen LogP contribution is -2.38. The maximum absolute atomic E-state index is 12.5. The van der Waals surface area contributed by atoms with Gasteiger partial charge in [0.1, 0.15) is 5.76 Å². The molecule has 0 aliphatic heterocycles. The highest BCUT2D eigenvalue weighted by molar-refractivity contribution is 5.95. The molecule has 124 valence electrons. The lowest BCUT2D eigenvalue weighted by Gasteiger charge is -2.24. The van der Waals surface area contributed by atoms with Gasteiger partial charge in [-0.15, -0.1) is 0 Å². The summed E-state index contributed by atoms with van der Waals surface area (Å²) in [5.74, 6) is 0.516. The highest BCUT2D eigenvalue weighted by atomic mass is 16.5. The third-order valence-corrected chi connectivity index (χ3v) is 3.65. The first-order valence-corrected chi connectivity index (χ1v) is 7.65. The first-order valence-electron chi connectivity index (χ1n) is 7.65. The Morgan fingerprint density at radius 1 is 1.18 bits per heavy atom. The van der Waals surface area contributed by atoms with Gasteiger partial charge in [0.15, 0.2) is 0 Å². The minimum atomic E-state index is -0.129. The van der Waals surface area contributed by atoms with Crippen molar-refractivity contribution in [3.63, 3.8) is 0 Å². The first-order chi connectivity index (χ1) is 10.5. The monoisotopic (exact) mass is 310 g/mol. The van der Waals surface area contributed by atoms with Crippen molar-refractivity contribution in [2.75, 3.05) is 39.9 Å². The highest BCUT2D eigenvalue weighted by Crippen LogP contribution is 2.12. The number of methoxy groups -OCH3 is 1. The molecule has 0 aliphatic carbocycles. The summed E-state index contributed by atoms with van der Waals surface area (Å²) in [6.45, 7) is 8.27. The van der Waals surface area contributed by atoms with E-state index in [1.165, 1.54) is 6.26 Å². The number of carbonyl (C=O) groups is 2. The second-order valence-electron chi connectivity index (χ2n) is 4.99. The van der Waals surface area contributed by atoms with Crippen molar-refractivity contribution in [1.82, 2.24) is 9.80 Å². The van der Waals surface area contributed by atoms with E-state index in [9.17, 15) is 9.59 Å². The van der Waals surface area contributed by atoms with E-state index >= 15 is 0 Å². The van der Waals surface area contributed by atoms with Crippen molar-refractivity contribution in [2.24, 2.45) is 0 Å². The van der Waals surface area contributed by atoms with E-state index in [1.54, 1.807) is 29.9 Å². The molecule has 0 radical (unpaired) electrons. The van der Waals surface area contributed by atoms with Gasteiger partial charge >= 0.3 is 0 Å². The summed E-state index contributed by atoms with van der Waals surface area (Å²) < 4.78 is 10.2. The number of aryl methyl sites for hydroxylation is 1. The molecule has 6 heteroatoms. The fraction of sp³-hybridized carbons (Fsp3) is 0.625. The van der Waals surface area contributed by atoms with E-state index in [1.807, 2.05) is 13.8 Å². The van der Waals surface area contributed by atoms with Crippen LogP contribution in [0.4, 0.5) is 0 Å². The maximum Gasteiger partial charge on any atom is 0.257 e. The standard InChI is InChI=1S/C16H26N2O4/c1-5-17(6-2)15(19)7-9-18(10-12-21-4)16(20)14-8-11-22-13(14)3/h8,11H,5-7,9-10,12H2,1-4H3. The second kappa shape index (κ2) is 9.25. The number of nitrogens with zero attached hydrogens (tertiary/aromatic N) is 2. The molecule has 0 aromatic carbocycles. The summed E-state index contributed by atoms with van der Waals surface area (Å²) in [7, 11) is 1.59. The summed E-state index contributed by atoms with van der Waals surface area (Å²) >= 11 is 0. The molecule has 1 heterocycles. The number of carbonyl (C=O) groups excluding carboxylic acids is 2. The van der Waals surface area contributed by atoms with Crippen LogP contribution in [0.1, 0.15) is 36.4 Å². The Hall–Kier alpha value is -1.82. The van der Waals surface area contributed by atoms with Gasteiger partial charge in [-0.3, -0.25) is 9.59 Å². The lowest BCUT2D eigenvalue weighted by atomic mass is 10.2. The normalized spacial score (nSPS) is 10.5. The van der Waals surface area contributed by atoms with E-state index < -0.39 is 0 Å². The zero-order chi connectivity index (χ0) is 16.5. The van der Waals surface area contributed by atoms with Crippen LogP contribution < -0.4 is 0 Å². The number of hydrogen-bond donors (Lipinski definition) is 0. The van der Waals surface area contributed by atoms with Crippen molar-refractivity contribution in [3.05, 3.63) is 23.7 Å². The molecule has 0 fully saturated rings. The Labute approximate surface area is 132 Å². The number of rotatable bonds is 9. The van der Waals surface area contributed by atoms with Crippen LogP contribution in [-0.4, -0.2) is 61.5 Å². The van der Waals surface area contributed by atoms with E-state index in [0.717, 1.165) is 0 Å². The van der Waals surface area contributed by atoms with Gasteiger partial charge in [0, 0.05) is 39.7 Å². The fourth-order valence-electron chi connectivity index (χ4n) is 2.26. The Balaban J connectivity index is 2.70. The summed E-state index contributed by atoms with van der Waals surface area (Å²) in [5, 5.41) is 0. The number of ether oxygens (including phenoxy) is 1. The van der Waals surface area contributed by atoms with Crippen molar-refractivity contribution in [1.29, 1.82) is 0 Å². The number of amides is 2. The average Bonchev–Trinajstić information content (AvgIpc) is 2.94. The van der Waals surface area contributed by atoms with E-state index in [2.05, 4.69) is 0 Å². The fourth-order valence-corrected chi connectivity index (χ4v) is 2.26. The van der Waals surface area contributed by atoms with Crippen LogP contribution in [0.25, 0.3) is 0 Å². The van der Waals surface area contributed by atoms with Crippen LogP contribution in [0.5, 0.6) is 0 Å². The van der Waals surface area contributed by atoms with Crippen LogP contribution in [0.3, 0.4) is 0 Å². The minimum absolute atomic E-state index is 0.0594. The molecule has 0 spiro atoms. The molecule has 1 aromatic heterocycles. The summed E-state index contributed by atoms with van der Waals surface area (Å²) in [5.41, 5.74) is 0.534. The molecule has 1 rings (SSSR count). The molecule has 0 N–H and O–H groups in total. The van der Waals surface area contributed by atoms with Gasteiger partial charge in [-0.1, -0.05) is 0 Å². The molecule has 0 aliphatic rings. The average molecular weight is 310 g/mol.